The van der Waals surface area contributed by atoms with E-state index in [0.717, 1.165) is 0 Å². The summed E-state index contributed by atoms with van der Waals surface area (Å²) in [7, 11) is 0. The first-order valence-electron chi connectivity index (χ1n) is 13.3. The van der Waals surface area contributed by atoms with Gasteiger partial charge in [0.1, 0.15) is 0 Å². The molecular formula is C28H52N2. The van der Waals surface area contributed by atoms with Crippen LogP contribution in [-0.2, 0) is 12.8 Å². The van der Waals surface area contributed by atoms with Crippen LogP contribution in [0.5, 0.6) is 0 Å². The number of unbranched alkanes of at least 4 members (excludes halogenated alkanes) is 8. The third kappa shape index (κ3) is 13.4. The van der Waals surface area contributed by atoms with Crippen LogP contribution in [0, 0.1) is 0 Å². The molecule has 0 unspecified atom stereocenters. The van der Waals surface area contributed by atoms with Crippen LogP contribution in [0.4, 0.5) is 0 Å². The van der Waals surface area contributed by atoms with Gasteiger partial charge in [0.15, 0.2) is 0 Å². The summed E-state index contributed by atoms with van der Waals surface area (Å²) in [4.78, 5) is 5.07. The molecule has 0 heterocycles. The molecule has 2 heteroatoms. The molecule has 0 saturated carbocycles. The minimum Gasteiger partial charge on any atom is -0.304 e. The molecule has 0 aliphatic carbocycles. The Morgan fingerprint density at radius 3 is 1.07 bits per heavy atom. The fraction of sp³-hybridized carbons (Fsp3) is 0.786. The van der Waals surface area contributed by atoms with Crippen molar-refractivity contribution in [3.05, 3.63) is 35.4 Å². The second kappa shape index (κ2) is 18.9. The lowest BCUT2D eigenvalue weighted by molar-refractivity contribution is 0.295. The second-order valence-electron chi connectivity index (χ2n) is 8.91. The van der Waals surface area contributed by atoms with Gasteiger partial charge < -0.3 is 9.80 Å². The van der Waals surface area contributed by atoms with Crippen molar-refractivity contribution in [3.63, 3.8) is 0 Å². The quantitative estimate of drug-likeness (QED) is 0.205. The van der Waals surface area contributed by atoms with Gasteiger partial charge in [0, 0.05) is 0 Å². The number of aryl methyl sites for hydroxylation is 2. The number of hydrogen-bond donors (Lipinski definition) is 0. The van der Waals surface area contributed by atoms with E-state index in [0.29, 0.717) is 0 Å². The molecule has 0 aliphatic rings. The Labute approximate surface area is 189 Å². The average Bonchev–Trinajstić information content (AvgIpc) is 2.78. The van der Waals surface area contributed by atoms with Gasteiger partial charge in [-0.15, -0.1) is 0 Å². The van der Waals surface area contributed by atoms with Crippen molar-refractivity contribution in [1.82, 2.24) is 9.80 Å². The molecular weight excluding hydrogens is 364 g/mol. The first kappa shape index (κ1) is 27.2. The molecule has 0 aliphatic heterocycles. The second-order valence-corrected chi connectivity index (χ2v) is 8.91. The monoisotopic (exact) mass is 416 g/mol. The molecule has 0 aromatic heterocycles. The van der Waals surface area contributed by atoms with E-state index in [1.54, 1.807) is 0 Å². The molecule has 1 aromatic carbocycles. The zero-order valence-electron chi connectivity index (χ0n) is 20.9. The molecule has 0 spiro atoms. The Hall–Kier alpha value is -0.860. The molecule has 0 amide bonds. The summed E-state index contributed by atoms with van der Waals surface area (Å²) >= 11 is 0. The average molecular weight is 417 g/mol. The minimum absolute atomic E-state index is 1.20. The van der Waals surface area contributed by atoms with Crippen molar-refractivity contribution in [1.29, 1.82) is 0 Å². The highest BCUT2D eigenvalue weighted by Gasteiger charge is 2.01. The first-order chi connectivity index (χ1) is 14.7. The Morgan fingerprint density at radius 2 is 0.733 bits per heavy atom. The number of rotatable bonds is 20. The number of benzene rings is 1. The van der Waals surface area contributed by atoms with Gasteiger partial charge in [-0.2, -0.15) is 0 Å². The fourth-order valence-electron chi connectivity index (χ4n) is 4.34. The van der Waals surface area contributed by atoms with E-state index in [9.17, 15) is 0 Å². The molecule has 0 atom stereocenters. The van der Waals surface area contributed by atoms with Crippen LogP contribution in [-0.4, -0.2) is 49.1 Å². The summed E-state index contributed by atoms with van der Waals surface area (Å²) in [6.45, 7) is 16.4. The topological polar surface area (TPSA) is 6.48 Å². The summed E-state index contributed by atoms with van der Waals surface area (Å²) < 4.78 is 0. The van der Waals surface area contributed by atoms with Crippen molar-refractivity contribution in [2.45, 2.75) is 105 Å². The summed E-state index contributed by atoms with van der Waals surface area (Å²) in [5, 5.41) is 0. The molecule has 0 saturated heterocycles. The smallest absolute Gasteiger partial charge is 0.00190 e. The van der Waals surface area contributed by atoms with E-state index >= 15 is 0 Å². The molecule has 0 bridgehead atoms. The van der Waals surface area contributed by atoms with Gasteiger partial charge in [-0.05, 0) is 88.9 Å². The van der Waals surface area contributed by atoms with Gasteiger partial charge in [-0.3, -0.25) is 0 Å². The largest absolute Gasteiger partial charge is 0.304 e. The van der Waals surface area contributed by atoms with Gasteiger partial charge >= 0.3 is 0 Å². The maximum absolute atomic E-state index is 2.54. The maximum Gasteiger partial charge on any atom is -0.00190 e. The molecule has 2 nitrogen and oxygen atoms in total. The first-order valence-corrected chi connectivity index (χ1v) is 13.3. The number of hydrogen-bond acceptors (Lipinski definition) is 2. The molecule has 1 aromatic rings. The van der Waals surface area contributed by atoms with Crippen LogP contribution >= 0.6 is 0 Å². The summed E-state index contributed by atoms with van der Waals surface area (Å²) in [6, 6.07) is 9.50. The van der Waals surface area contributed by atoms with Gasteiger partial charge in [0.2, 0.25) is 0 Å². The highest BCUT2D eigenvalue weighted by molar-refractivity contribution is 5.22. The van der Waals surface area contributed by atoms with Gasteiger partial charge in [-0.25, -0.2) is 0 Å². The van der Waals surface area contributed by atoms with E-state index < -0.39 is 0 Å². The predicted octanol–water partition coefficient (Wildman–Crippen LogP) is 7.36. The van der Waals surface area contributed by atoms with Crippen molar-refractivity contribution in [2.75, 3.05) is 39.3 Å². The third-order valence-electron chi connectivity index (χ3n) is 6.69. The molecule has 30 heavy (non-hydrogen) atoms. The van der Waals surface area contributed by atoms with Crippen LogP contribution in [0.15, 0.2) is 24.3 Å². The highest BCUT2D eigenvalue weighted by atomic mass is 15.1. The third-order valence-corrected chi connectivity index (χ3v) is 6.69. The molecule has 1 rings (SSSR count). The SMILES string of the molecule is CCN(CC)CCCCCCCc1ccc(CCCCCCCN(CC)CC)cc1. The molecule has 174 valence electrons. The van der Waals surface area contributed by atoms with Gasteiger partial charge in [0.25, 0.3) is 0 Å². The number of nitrogens with zero attached hydrogens (tertiary/aromatic N) is 2. The summed E-state index contributed by atoms with van der Waals surface area (Å²) in [5.74, 6) is 0. The van der Waals surface area contributed by atoms with Crippen LogP contribution in [0.1, 0.15) is 103 Å². The summed E-state index contributed by atoms with van der Waals surface area (Å²) in [6.07, 6.45) is 16.3. The lowest BCUT2D eigenvalue weighted by atomic mass is 10.0. The standard InChI is InChI=1S/C28H52N2/c1-5-29(6-2)25-17-13-9-11-15-19-27-21-23-28(24-22-27)20-16-12-10-14-18-26-30(7-3)8-4/h21-24H,5-20,25-26H2,1-4H3. The van der Waals surface area contributed by atoms with Crippen molar-refractivity contribution >= 4 is 0 Å². The van der Waals surface area contributed by atoms with Crippen molar-refractivity contribution < 1.29 is 0 Å². The van der Waals surface area contributed by atoms with Crippen molar-refractivity contribution in [2.24, 2.45) is 0 Å². The van der Waals surface area contributed by atoms with Gasteiger partial charge in [0.05, 0.1) is 0 Å². The lowest BCUT2D eigenvalue weighted by Crippen LogP contribution is -2.23. The van der Waals surface area contributed by atoms with Crippen LogP contribution in [0.3, 0.4) is 0 Å². The summed E-state index contributed by atoms with van der Waals surface area (Å²) in [5.41, 5.74) is 3.05. The lowest BCUT2D eigenvalue weighted by Gasteiger charge is -2.17. The normalized spacial score (nSPS) is 11.7. The highest BCUT2D eigenvalue weighted by Crippen LogP contribution is 2.13. The zero-order chi connectivity index (χ0) is 21.9. The Kier molecular flexibility index (Phi) is 17.1. The van der Waals surface area contributed by atoms with Crippen LogP contribution in [0.25, 0.3) is 0 Å². The zero-order valence-corrected chi connectivity index (χ0v) is 20.9. The Morgan fingerprint density at radius 1 is 0.433 bits per heavy atom. The van der Waals surface area contributed by atoms with E-state index in [2.05, 4.69) is 61.8 Å². The molecule has 0 radical (unpaired) electrons. The Bertz CT molecular complexity index is 429. The van der Waals surface area contributed by atoms with Crippen LogP contribution < -0.4 is 0 Å². The maximum atomic E-state index is 2.54. The predicted molar refractivity (Wildman–Crippen MR) is 136 cm³/mol. The van der Waals surface area contributed by atoms with E-state index in [-0.39, 0.29) is 0 Å². The molecule has 0 fully saturated rings. The van der Waals surface area contributed by atoms with Crippen molar-refractivity contribution in [3.8, 4) is 0 Å². The fourth-order valence-corrected chi connectivity index (χ4v) is 4.34. The Balaban J connectivity index is 2.01. The van der Waals surface area contributed by atoms with E-state index in [1.807, 2.05) is 0 Å². The van der Waals surface area contributed by atoms with E-state index in [4.69, 9.17) is 0 Å². The van der Waals surface area contributed by atoms with Crippen LogP contribution in [0.2, 0.25) is 0 Å². The minimum atomic E-state index is 1.20. The molecule has 0 N–H and O–H groups in total. The van der Waals surface area contributed by atoms with E-state index in [1.165, 1.54) is 127 Å². The van der Waals surface area contributed by atoms with Gasteiger partial charge in [-0.1, -0.05) is 90.5 Å².